The molecule has 0 atom stereocenters. The highest BCUT2D eigenvalue weighted by molar-refractivity contribution is 6.00. The summed E-state index contributed by atoms with van der Waals surface area (Å²) in [7, 11) is 0. The first kappa shape index (κ1) is 16.6. The first-order chi connectivity index (χ1) is 11.5. The zero-order valence-corrected chi connectivity index (χ0v) is 14.8. The summed E-state index contributed by atoms with van der Waals surface area (Å²) in [6, 6.07) is 16.7. The van der Waals surface area contributed by atoms with E-state index in [4.69, 9.17) is 4.74 Å². The molecule has 3 rings (SSSR count). The fraction of sp³-hybridized carbons (Fsp3) is 0.381. The van der Waals surface area contributed by atoms with Crippen LogP contribution in [0.1, 0.15) is 43.9 Å². The molecule has 1 aliphatic rings. The van der Waals surface area contributed by atoms with E-state index in [2.05, 4.69) is 73.5 Å². The third kappa shape index (κ3) is 3.97. The van der Waals surface area contributed by atoms with Gasteiger partial charge in [0, 0.05) is 24.2 Å². The molecule has 126 valence electrons. The van der Waals surface area contributed by atoms with Crippen molar-refractivity contribution in [3.8, 4) is 5.75 Å². The summed E-state index contributed by atoms with van der Waals surface area (Å²) in [6.45, 7) is 9.09. The first-order valence-corrected chi connectivity index (χ1v) is 8.64. The molecule has 1 N–H and O–H groups in total. The minimum atomic E-state index is 0.163. The molecule has 2 aromatic rings. The van der Waals surface area contributed by atoms with Gasteiger partial charge in [0.25, 0.3) is 0 Å². The summed E-state index contributed by atoms with van der Waals surface area (Å²) in [4.78, 5) is 4.60. The first-order valence-electron chi connectivity index (χ1n) is 8.64. The standard InChI is InChI=1S/C21H26N2O/c1-21(2,3)17-9-11-18(12-10-17)24-15-16-7-4-5-8-19(16)20-22-13-6-14-23-20/h4-5,7-12H,6,13-15H2,1-3H3,(H,22,23). The van der Waals surface area contributed by atoms with Crippen molar-refractivity contribution < 1.29 is 4.74 Å². The molecule has 0 unspecified atom stereocenters. The van der Waals surface area contributed by atoms with Crippen LogP contribution in [0.5, 0.6) is 5.75 Å². The van der Waals surface area contributed by atoms with Crippen LogP contribution in [0.4, 0.5) is 0 Å². The fourth-order valence-corrected chi connectivity index (χ4v) is 2.80. The lowest BCUT2D eigenvalue weighted by Crippen LogP contribution is -2.31. The van der Waals surface area contributed by atoms with E-state index in [1.807, 2.05) is 6.07 Å². The number of nitrogens with one attached hydrogen (secondary N) is 1. The van der Waals surface area contributed by atoms with Crippen molar-refractivity contribution in [3.05, 3.63) is 65.2 Å². The number of hydrogen-bond acceptors (Lipinski definition) is 3. The maximum Gasteiger partial charge on any atom is 0.128 e. The van der Waals surface area contributed by atoms with Crippen LogP contribution in [0.25, 0.3) is 0 Å². The Morgan fingerprint density at radius 3 is 2.46 bits per heavy atom. The van der Waals surface area contributed by atoms with E-state index in [0.717, 1.165) is 42.2 Å². The molecule has 0 aromatic heterocycles. The van der Waals surface area contributed by atoms with Crippen LogP contribution in [-0.4, -0.2) is 18.9 Å². The molecule has 0 saturated heterocycles. The SMILES string of the molecule is CC(C)(C)c1ccc(OCc2ccccc2C2=NCCCN2)cc1. The quantitative estimate of drug-likeness (QED) is 0.910. The van der Waals surface area contributed by atoms with E-state index < -0.39 is 0 Å². The van der Waals surface area contributed by atoms with Crippen molar-refractivity contribution in [2.24, 2.45) is 4.99 Å². The summed E-state index contributed by atoms with van der Waals surface area (Å²) < 4.78 is 6.01. The van der Waals surface area contributed by atoms with E-state index in [9.17, 15) is 0 Å². The predicted molar refractivity (Wildman–Crippen MR) is 99.9 cm³/mol. The Morgan fingerprint density at radius 1 is 1.04 bits per heavy atom. The normalized spacial score (nSPS) is 14.7. The van der Waals surface area contributed by atoms with Crippen LogP contribution in [0, 0.1) is 0 Å². The monoisotopic (exact) mass is 322 g/mol. The van der Waals surface area contributed by atoms with Crippen LogP contribution in [0.3, 0.4) is 0 Å². The summed E-state index contributed by atoms with van der Waals surface area (Å²) >= 11 is 0. The molecule has 0 fully saturated rings. The number of nitrogens with zero attached hydrogens (tertiary/aromatic N) is 1. The highest BCUT2D eigenvalue weighted by atomic mass is 16.5. The van der Waals surface area contributed by atoms with Crippen molar-refractivity contribution in [3.63, 3.8) is 0 Å². The molecule has 2 aromatic carbocycles. The number of aliphatic imine (C=N–C) groups is 1. The van der Waals surface area contributed by atoms with Gasteiger partial charge in [-0.3, -0.25) is 4.99 Å². The van der Waals surface area contributed by atoms with Gasteiger partial charge in [-0.15, -0.1) is 0 Å². The molecular weight excluding hydrogens is 296 g/mol. The van der Waals surface area contributed by atoms with Gasteiger partial charge in [0.05, 0.1) is 0 Å². The second kappa shape index (κ2) is 7.08. The Morgan fingerprint density at radius 2 is 1.79 bits per heavy atom. The molecule has 0 aliphatic carbocycles. The molecule has 0 amide bonds. The van der Waals surface area contributed by atoms with Gasteiger partial charge in [0.2, 0.25) is 0 Å². The van der Waals surface area contributed by atoms with Crippen LogP contribution >= 0.6 is 0 Å². The summed E-state index contributed by atoms with van der Waals surface area (Å²) in [6.07, 6.45) is 1.10. The lowest BCUT2D eigenvalue weighted by molar-refractivity contribution is 0.305. The molecule has 0 spiro atoms. The largest absolute Gasteiger partial charge is 0.489 e. The third-order valence-corrected chi connectivity index (χ3v) is 4.28. The van der Waals surface area contributed by atoms with E-state index in [-0.39, 0.29) is 5.41 Å². The van der Waals surface area contributed by atoms with Gasteiger partial charge in [-0.1, -0.05) is 57.2 Å². The number of rotatable bonds is 4. The van der Waals surface area contributed by atoms with Gasteiger partial charge < -0.3 is 10.1 Å². The van der Waals surface area contributed by atoms with Gasteiger partial charge in [-0.2, -0.15) is 0 Å². The molecule has 0 bridgehead atoms. The summed E-state index contributed by atoms with van der Waals surface area (Å²) in [5.41, 5.74) is 3.78. The van der Waals surface area contributed by atoms with Crippen LogP contribution in [0.2, 0.25) is 0 Å². The topological polar surface area (TPSA) is 33.6 Å². The molecular formula is C21H26N2O. The Bertz CT molecular complexity index is 711. The summed E-state index contributed by atoms with van der Waals surface area (Å²) in [5.74, 6) is 1.89. The van der Waals surface area contributed by atoms with Gasteiger partial charge in [0.1, 0.15) is 18.2 Å². The van der Waals surface area contributed by atoms with Crippen molar-refractivity contribution in [1.82, 2.24) is 5.32 Å². The van der Waals surface area contributed by atoms with Crippen LogP contribution < -0.4 is 10.1 Å². The highest BCUT2D eigenvalue weighted by Crippen LogP contribution is 2.25. The van der Waals surface area contributed by atoms with Gasteiger partial charge in [-0.05, 0) is 29.5 Å². The van der Waals surface area contributed by atoms with E-state index in [1.54, 1.807) is 0 Å². The van der Waals surface area contributed by atoms with Crippen LogP contribution in [0.15, 0.2) is 53.5 Å². The van der Waals surface area contributed by atoms with Crippen molar-refractivity contribution in [2.45, 2.75) is 39.2 Å². The summed E-state index contributed by atoms with van der Waals surface area (Å²) in [5, 5.41) is 3.39. The lowest BCUT2D eigenvalue weighted by atomic mass is 9.87. The molecule has 1 aliphatic heterocycles. The van der Waals surface area contributed by atoms with Gasteiger partial charge in [-0.25, -0.2) is 0 Å². The van der Waals surface area contributed by atoms with Crippen molar-refractivity contribution in [2.75, 3.05) is 13.1 Å². The Balaban J connectivity index is 1.72. The zero-order chi connectivity index (χ0) is 17.0. The third-order valence-electron chi connectivity index (χ3n) is 4.28. The number of benzene rings is 2. The maximum atomic E-state index is 6.01. The number of ether oxygens (including phenoxy) is 1. The fourth-order valence-electron chi connectivity index (χ4n) is 2.80. The number of amidine groups is 1. The molecule has 0 saturated carbocycles. The zero-order valence-electron chi connectivity index (χ0n) is 14.8. The second-order valence-electron chi connectivity index (χ2n) is 7.23. The van der Waals surface area contributed by atoms with Gasteiger partial charge >= 0.3 is 0 Å². The Hall–Kier alpha value is -2.29. The molecule has 24 heavy (non-hydrogen) atoms. The van der Waals surface area contributed by atoms with Gasteiger partial charge in [0.15, 0.2) is 0 Å². The molecule has 3 heteroatoms. The van der Waals surface area contributed by atoms with Crippen molar-refractivity contribution in [1.29, 1.82) is 0 Å². The molecule has 3 nitrogen and oxygen atoms in total. The smallest absolute Gasteiger partial charge is 0.128 e. The maximum absolute atomic E-state index is 6.01. The molecule has 0 radical (unpaired) electrons. The second-order valence-corrected chi connectivity index (χ2v) is 7.23. The highest BCUT2D eigenvalue weighted by Gasteiger charge is 2.14. The Kier molecular flexibility index (Phi) is 4.89. The number of hydrogen-bond donors (Lipinski definition) is 1. The predicted octanol–water partition coefficient (Wildman–Crippen LogP) is 4.30. The van der Waals surface area contributed by atoms with Crippen LogP contribution in [-0.2, 0) is 12.0 Å². The van der Waals surface area contributed by atoms with E-state index >= 15 is 0 Å². The molecule has 1 heterocycles. The minimum absolute atomic E-state index is 0.163. The van der Waals surface area contributed by atoms with E-state index in [0.29, 0.717) is 6.61 Å². The van der Waals surface area contributed by atoms with Crippen molar-refractivity contribution >= 4 is 5.84 Å². The average molecular weight is 322 g/mol. The van der Waals surface area contributed by atoms with E-state index in [1.165, 1.54) is 5.56 Å². The average Bonchev–Trinajstić information content (AvgIpc) is 2.60. The minimum Gasteiger partial charge on any atom is -0.489 e. The Labute approximate surface area is 144 Å². The lowest BCUT2D eigenvalue weighted by Gasteiger charge is -2.20.